The van der Waals surface area contributed by atoms with Gasteiger partial charge in [0.25, 0.3) is 0 Å². The Kier molecular flexibility index (Phi) is 10.5. The van der Waals surface area contributed by atoms with E-state index in [1.807, 2.05) is 37.3 Å². The lowest BCUT2D eigenvalue weighted by Crippen LogP contribution is -2.60. The zero-order valence-electron chi connectivity index (χ0n) is 14.7. The van der Waals surface area contributed by atoms with E-state index in [2.05, 4.69) is 26.2 Å². The first-order valence-corrected chi connectivity index (χ1v) is 12.5. The molecule has 0 saturated carbocycles. The summed E-state index contributed by atoms with van der Waals surface area (Å²) in [5, 5.41) is 0.996. The third-order valence-corrected chi connectivity index (χ3v) is 8.10. The van der Waals surface area contributed by atoms with Crippen LogP contribution in [0.25, 0.3) is 0 Å². The van der Waals surface area contributed by atoms with Crippen molar-refractivity contribution in [1.82, 2.24) is 0 Å². The summed E-state index contributed by atoms with van der Waals surface area (Å²) in [6, 6.07) is 9.93. The average Bonchev–Trinajstić information content (AvgIpc) is 2.47. The Morgan fingerprint density at radius 2 is 1.59 bits per heavy atom. The van der Waals surface area contributed by atoms with Crippen molar-refractivity contribution in [3.63, 3.8) is 0 Å². The van der Waals surface area contributed by atoms with E-state index in [0.29, 0.717) is 13.2 Å². The van der Waals surface area contributed by atoms with Gasteiger partial charge >= 0.3 is 8.80 Å². The summed E-state index contributed by atoms with van der Waals surface area (Å²) in [5.41, 5.74) is 0. The molecule has 0 saturated heterocycles. The van der Waals surface area contributed by atoms with Crippen molar-refractivity contribution in [3.05, 3.63) is 43.0 Å². The zero-order chi connectivity index (χ0) is 17.1. The van der Waals surface area contributed by atoms with Crippen molar-refractivity contribution >= 4 is 22.3 Å². The molecule has 0 heterocycles. The minimum Gasteiger partial charge on any atom is -0.413 e. The monoisotopic (exact) mass is 342 g/mol. The SMILES string of the molecule is C=CC.COCCO[Si](OC)(O[Si](C)(C)C)c1ccccc1. The molecule has 1 unspecified atom stereocenters. The molecule has 0 radical (unpaired) electrons. The zero-order valence-corrected chi connectivity index (χ0v) is 16.7. The topological polar surface area (TPSA) is 36.9 Å². The Balaban J connectivity index is 0.00000135. The fourth-order valence-electron chi connectivity index (χ4n) is 1.69. The standard InChI is InChI=1S/C13H24O4Si2.C3H6/c1-14-11-12-16-19(15-2,17-18(3,4)5)13-9-7-6-8-10-13;1-3-2/h6-10H,11-12H2,1-5H3;3H,1H2,2H3. The van der Waals surface area contributed by atoms with E-state index in [0.717, 1.165) is 5.19 Å². The van der Waals surface area contributed by atoms with E-state index >= 15 is 0 Å². The molecule has 126 valence electrons. The smallest absolute Gasteiger partial charge is 0.413 e. The van der Waals surface area contributed by atoms with Gasteiger partial charge in [-0.25, -0.2) is 0 Å². The second-order valence-electron chi connectivity index (χ2n) is 5.59. The molecule has 0 amide bonds. The highest BCUT2D eigenvalue weighted by atomic mass is 28.5. The van der Waals surface area contributed by atoms with Crippen LogP contribution in [0.4, 0.5) is 0 Å². The molecule has 0 aliphatic carbocycles. The Hall–Kier alpha value is -0.766. The predicted molar refractivity (Wildman–Crippen MR) is 97.0 cm³/mol. The van der Waals surface area contributed by atoms with Gasteiger partial charge in [-0.05, 0) is 26.6 Å². The van der Waals surface area contributed by atoms with Crippen LogP contribution in [0.1, 0.15) is 6.92 Å². The second-order valence-corrected chi connectivity index (χ2v) is 13.0. The molecule has 0 bridgehead atoms. The van der Waals surface area contributed by atoms with Crippen LogP contribution in [0.2, 0.25) is 19.6 Å². The summed E-state index contributed by atoms with van der Waals surface area (Å²) in [6.07, 6.45) is 1.75. The number of benzene rings is 1. The van der Waals surface area contributed by atoms with Gasteiger partial charge in [-0.3, -0.25) is 0 Å². The summed E-state index contributed by atoms with van der Waals surface area (Å²) in [4.78, 5) is 0. The minimum atomic E-state index is -2.84. The van der Waals surface area contributed by atoms with Gasteiger partial charge < -0.3 is 17.7 Å². The number of methoxy groups -OCH3 is 1. The number of ether oxygens (including phenoxy) is 1. The highest BCUT2D eigenvalue weighted by Crippen LogP contribution is 2.16. The Labute approximate surface area is 137 Å². The molecular weight excluding hydrogens is 312 g/mol. The molecule has 0 aliphatic heterocycles. The van der Waals surface area contributed by atoms with Gasteiger partial charge in [0.1, 0.15) is 0 Å². The van der Waals surface area contributed by atoms with E-state index in [9.17, 15) is 0 Å². The lowest BCUT2D eigenvalue weighted by Gasteiger charge is -2.34. The van der Waals surface area contributed by atoms with Crippen LogP contribution in [-0.2, 0) is 17.7 Å². The molecule has 1 atom stereocenters. The van der Waals surface area contributed by atoms with Crippen LogP contribution in [0.3, 0.4) is 0 Å². The molecule has 1 aromatic carbocycles. The molecule has 0 spiro atoms. The molecule has 1 rings (SSSR count). The number of hydrogen-bond donors (Lipinski definition) is 0. The van der Waals surface area contributed by atoms with Crippen LogP contribution in [0, 0.1) is 0 Å². The first-order chi connectivity index (χ1) is 10.3. The van der Waals surface area contributed by atoms with Crippen molar-refractivity contribution in [2.24, 2.45) is 0 Å². The summed E-state index contributed by atoms with van der Waals surface area (Å²) < 4.78 is 23.0. The van der Waals surface area contributed by atoms with Gasteiger partial charge in [-0.1, -0.05) is 36.4 Å². The quantitative estimate of drug-likeness (QED) is 0.413. The molecule has 4 nitrogen and oxygen atoms in total. The van der Waals surface area contributed by atoms with Gasteiger partial charge in [-0.15, -0.1) is 6.58 Å². The van der Waals surface area contributed by atoms with Crippen LogP contribution < -0.4 is 5.19 Å². The van der Waals surface area contributed by atoms with Crippen LogP contribution in [0.5, 0.6) is 0 Å². The van der Waals surface area contributed by atoms with Crippen LogP contribution in [-0.4, -0.2) is 44.6 Å². The Bertz CT molecular complexity index is 406. The Morgan fingerprint density at radius 1 is 1.05 bits per heavy atom. The van der Waals surface area contributed by atoms with E-state index in [1.54, 1.807) is 20.3 Å². The van der Waals surface area contributed by atoms with Gasteiger partial charge in [0.05, 0.1) is 13.2 Å². The van der Waals surface area contributed by atoms with Gasteiger partial charge in [-0.2, -0.15) is 0 Å². The minimum absolute atomic E-state index is 0.468. The Morgan fingerprint density at radius 3 is 2.00 bits per heavy atom. The van der Waals surface area contributed by atoms with Crippen molar-refractivity contribution in [3.8, 4) is 0 Å². The van der Waals surface area contributed by atoms with Crippen molar-refractivity contribution in [1.29, 1.82) is 0 Å². The lowest BCUT2D eigenvalue weighted by atomic mass is 10.4. The third-order valence-electron chi connectivity index (χ3n) is 2.42. The fraction of sp³-hybridized carbons (Fsp3) is 0.500. The summed E-state index contributed by atoms with van der Waals surface area (Å²) in [6.45, 7) is 12.7. The summed E-state index contributed by atoms with van der Waals surface area (Å²) in [7, 11) is -1.31. The maximum Gasteiger partial charge on any atom is 0.526 e. The van der Waals surface area contributed by atoms with Crippen molar-refractivity contribution in [2.45, 2.75) is 26.6 Å². The highest BCUT2D eigenvalue weighted by Gasteiger charge is 2.46. The largest absolute Gasteiger partial charge is 0.526 e. The fourth-order valence-corrected chi connectivity index (χ4v) is 7.43. The maximum atomic E-state index is 6.29. The number of allylic oxidation sites excluding steroid dienone is 1. The molecule has 6 heteroatoms. The lowest BCUT2D eigenvalue weighted by molar-refractivity contribution is 0.0925. The van der Waals surface area contributed by atoms with E-state index in [-0.39, 0.29) is 0 Å². The third kappa shape index (κ3) is 8.02. The maximum absolute atomic E-state index is 6.29. The molecule has 0 aromatic heterocycles. The van der Waals surface area contributed by atoms with Crippen LogP contribution in [0.15, 0.2) is 43.0 Å². The highest BCUT2D eigenvalue weighted by molar-refractivity contribution is 6.86. The van der Waals surface area contributed by atoms with E-state index in [1.165, 1.54) is 0 Å². The van der Waals surface area contributed by atoms with Crippen LogP contribution >= 0.6 is 0 Å². The molecule has 0 N–H and O–H groups in total. The number of hydrogen-bond acceptors (Lipinski definition) is 4. The second kappa shape index (κ2) is 10.9. The summed E-state index contributed by atoms with van der Waals surface area (Å²) >= 11 is 0. The van der Waals surface area contributed by atoms with Gasteiger partial charge in [0, 0.05) is 19.4 Å². The molecule has 22 heavy (non-hydrogen) atoms. The molecular formula is C16H30O4Si2. The number of rotatable bonds is 8. The van der Waals surface area contributed by atoms with E-state index < -0.39 is 17.1 Å². The van der Waals surface area contributed by atoms with Gasteiger partial charge in [0.2, 0.25) is 0 Å². The summed E-state index contributed by atoms with van der Waals surface area (Å²) in [5.74, 6) is 0. The average molecular weight is 343 g/mol. The van der Waals surface area contributed by atoms with Crippen molar-refractivity contribution in [2.75, 3.05) is 27.4 Å². The van der Waals surface area contributed by atoms with Gasteiger partial charge in [0.15, 0.2) is 8.32 Å². The molecule has 0 fully saturated rings. The first-order valence-electron chi connectivity index (χ1n) is 7.36. The van der Waals surface area contributed by atoms with Crippen molar-refractivity contribution < 1.29 is 17.7 Å². The molecule has 0 aliphatic rings. The normalized spacial score (nSPS) is 13.7. The van der Waals surface area contributed by atoms with E-state index in [4.69, 9.17) is 17.7 Å². The predicted octanol–water partition coefficient (Wildman–Crippen LogP) is 3.19. The molecule has 1 aromatic rings. The first kappa shape index (κ1) is 21.2.